The molecule has 0 spiro atoms. The first-order valence-corrected chi connectivity index (χ1v) is 9.86. The maximum absolute atomic E-state index is 11.9. The Hall–Kier alpha value is -2.24. The summed E-state index contributed by atoms with van der Waals surface area (Å²) in [4.78, 5) is 17.9. The molecule has 1 fully saturated rings. The van der Waals surface area contributed by atoms with Crippen LogP contribution in [0.15, 0.2) is 29.3 Å². The van der Waals surface area contributed by atoms with Gasteiger partial charge in [-0.2, -0.15) is 0 Å². The van der Waals surface area contributed by atoms with Crippen LogP contribution in [0.4, 0.5) is 0 Å². The molecule has 2 rings (SSSR count). The van der Waals surface area contributed by atoms with Crippen LogP contribution in [0.25, 0.3) is 0 Å². The Morgan fingerprint density at radius 2 is 1.93 bits per heavy atom. The number of nitrogens with one attached hydrogen (secondary N) is 2. The molecule has 6 heteroatoms. The van der Waals surface area contributed by atoms with Crippen LogP contribution in [0.5, 0.6) is 5.75 Å². The number of carbonyl (C=O) groups excluding carboxylic acids is 1. The molecule has 0 aromatic heterocycles. The Labute approximate surface area is 163 Å². The zero-order valence-corrected chi connectivity index (χ0v) is 17.1. The molecule has 150 valence electrons. The van der Waals surface area contributed by atoms with Gasteiger partial charge in [0.2, 0.25) is 5.91 Å². The second-order valence-electron chi connectivity index (χ2n) is 7.62. The smallest absolute Gasteiger partial charge is 0.243 e. The van der Waals surface area contributed by atoms with Crippen molar-refractivity contribution in [2.24, 2.45) is 10.9 Å². The summed E-state index contributed by atoms with van der Waals surface area (Å²) in [6, 6.07) is 8.67. The van der Waals surface area contributed by atoms with E-state index in [9.17, 15) is 4.79 Å². The van der Waals surface area contributed by atoms with Gasteiger partial charge < -0.3 is 20.3 Å². The maximum atomic E-state index is 11.9. The molecule has 0 aliphatic heterocycles. The van der Waals surface area contributed by atoms with E-state index in [0.29, 0.717) is 12.0 Å². The third-order valence-corrected chi connectivity index (χ3v) is 4.93. The highest BCUT2D eigenvalue weighted by atomic mass is 16.5. The minimum Gasteiger partial charge on any atom is -0.497 e. The predicted octanol–water partition coefficient (Wildman–Crippen LogP) is 2.44. The number of aliphatic imine (C=N–C) groups is 1. The van der Waals surface area contributed by atoms with E-state index in [2.05, 4.69) is 34.7 Å². The van der Waals surface area contributed by atoms with Gasteiger partial charge in [-0.25, -0.2) is 4.99 Å². The van der Waals surface area contributed by atoms with E-state index in [0.717, 1.165) is 24.7 Å². The van der Waals surface area contributed by atoms with Crippen molar-refractivity contribution in [1.82, 2.24) is 15.5 Å². The van der Waals surface area contributed by atoms with Crippen molar-refractivity contribution < 1.29 is 9.53 Å². The lowest BCUT2D eigenvalue weighted by Gasteiger charge is -2.20. The summed E-state index contributed by atoms with van der Waals surface area (Å²) < 4.78 is 5.21. The number of amides is 1. The van der Waals surface area contributed by atoms with E-state index in [4.69, 9.17) is 4.74 Å². The topological polar surface area (TPSA) is 66.0 Å². The quantitative estimate of drug-likeness (QED) is 0.542. The maximum Gasteiger partial charge on any atom is 0.243 e. The fourth-order valence-corrected chi connectivity index (χ4v) is 3.21. The molecule has 1 atom stereocenters. The lowest BCUT2D eigenvalue weighted by atomic mass is 10.0. The molecule has 1 aliphatic carbocycles. The molecule has 1 aromatic rings. The first-order valence-electron chi connectivity index (χ1n) is 9.86. The van der Waals surface area contributed by atoms with Crippen molar-refractivity contribution in [2.45, 2.75) is 45.1 Å². The Kier molecular flexibility index (Phi) is 8.43. The van der Waals surface area contributed by atoms with Gasteiger partial charge in [-0.05, 0) is 42.9 Å². The van der Waals surface area contributed by atoms with Crippen molar-refractivity contribution in [3.05, 3.63) is 29.8 Å². The van der Waals surface area contributed by atoms with Crippen LogP contribution in [0.2, 0.25) is 0 Å². The third kappa shape index (κ3) is 7.49. The van der Waals surface area contributed by atoms with E-state index in [-0.39, 0.29) is 12.5 Å². The number of nitrogens with zero attached hydrogens (tertiary/aromatic N) is 2. The molecule has 27 heavy (non-hydrogen) atoms. The highest BCUT2D eigenvalue weighted by molar-refractivity contribution is 5.84. The normalized spacial score (nSPS) is 16.1. The fraction of sp³-hybridized carbons (Fsp3) is 0.619. The average Bonchev–Trinajstić information content (AvgIpc) is 3.17. The first-order chi connectivity index (χ1) is 13.0. The number of rotatable bonds is 8. The average molecular weight is 375 g/mol. The monoisotopic (exact) mass is 374 g/mol. The van der Waals surface area contributed by atoms with Crippen LogP contribution in [0.1, 0.15) is 38.2 Å². The number of likely N-dealkylation sites (N-methyl/N-ethyl adjacent to an activating group) is 1. The molecule has 1 aromatic carbocycles. The zero-order valence-electron chi connectivity index (χ0n) is 17.1. The van der Waals surface area contributed by atoms with Gasteiger partial charge in [-0.15, -0.1) is 0 Å². The minimum absolute atomic E-state index is 0.00815. The molecular formula is C21H34N4O2. The van der Waals surface area contributed by atoms with Gasteiger partial charge in [0.15, 0.2) is 5.96 Å². The second-order valence-corrected chi connectivity index (χ2v) is 7.62. The van der Waals surface area contributed by atoms with Crippen LogP contribution in [-0.4, -0.2) is 57.1 Å². The number of benzene rings is 1. The SMILES string of the molecule is COc1ccc(CC(C)CNC(=NCC(=O)N(C)C)NC2CCCC2)cc1. The van der Waals surface area contributed by atoms with E-state index >= 15 is 0 Å². The number of ether oxygens (including phenoxy) is 1. The van der Waals surface area contributed by atoms with Gasteiger partial charge in [0, 0.05) is 26.7 Å². The number of carbonyl (C=O) groups is 1. The van der Waals surface area contributed by atoms with E-state index in [1.54, 1.807) is 26.1 Å². The van der Waals surface area contributed by atoms with Gasteiger partial charge >= 0.3 is 0 Å². The number of hydrogen-bond acceptors (Lipinski definition) is 3. The van der Waals surface area contributed by atoms with Crippen molar-refractivity contribution in [3.63, 3.8) is 0 Å². The summed E-state index contributed by atoms with van der Waals surface area (Å²) in [6.07, 6.45) is 5.84. The number of guanidine groups is 1. The first kappa shape index (κ1) is 21.1. The van der Waals surface area contributed by atoms with Gasteiger partial charge in [0.05, 0.1) is 7.11 Å². The van der Waals surface area contributed by atoms with Crippen LogP contribution in [-0.2, 0) is 11.2 Å². The molecule has 2 N–H and O–H groups in total. The van der Waals surface area contributed by atoms with Crippen LogP contribution in [0, 0.1) is 5.92 Å². The fourth-order valence-electron chi connectivity index (χ4n) is 3.21. The molecular weight excluding hydrogens is 340 g/mol. The third-order valence-electron chi connectivity index (χ3n) is 4.93. The Morgan fingerprint density at radius 3 is 2.52 bits per heavy atom. The molecule has 0 saturated heterocycles. The summed E-state index contributed by atoms with van der Waals surface area (Å²) in [7, 11) is 5.19. The molecule has 1 unspecified atom stereocenters. The Bertz CT molecular complexity index is 607. The lowest BCUT2D eigenvalue weighted by molar-refractivity contribution is -0.127. The summed E-state index contributed by atoms with van der Waals surface area (Å²) in [5.74, 6) is 2.08. The van der Waals surface area contributed by atoms with Gasteiger partial charge in [-0.1, -0.05) is 31.9 Å². The molecule has 0 radical (unpaired) electrons. The molecule has 0 bridgehead atoms. The Morgan fingerprint density at radius 1 is 1.26 bits per heavy atom. The lowest BCUT2D eigenvalue weighted by Crippen LogP contribution is -2.44. The molecule has 1 aliphatic rings. The molecule has 6 nitrogen and oxygen atoms in total. The van der Waals surface area contributed by atoms with Crippen LogP contribution >= 0.6 is 0 Å². The largest absolute Gasteiger partial charge is 0.497 e. The standard InChI is InChI=1S/C21H34N4O2/c1-16(13-17-9-11-19(27-4)12-10-17)14-22-21(23-15-20(26)25(2)3)24-18-7-5-6-8-18/h9-12,16,18H,5-8,13-15H2,1-4H3,(H2,22,23,24). The summed E-state index contributed by atoms with van der Waals surface area (Å²) in [5.41, 5.74) is 1.29. The molecule has 0 heterocycles. The van der Waals surface area contributed by atoms with Crippen molar-refractivity contribution >= 4 is 11.9 Å². The van der Waals surface area contributed by atoms with E-state index < -0.39 is 0 Å². The number of hydrogen-bond donors (Lipinski definition) is 2. The number of methoxy groups -OCH3 is 1. The van der Waals surface area contributed by atoms with E-state index in [1.807, 2.05) is 12.1 Å². The van der Waals surface area contributed by atoms with Crippen LogP contribution < -0.4 is 15.4 Å². The van der Waals surface area contributed by atoms with Crippen molar-refractivity contribution in [2.75, 3.05) is 34.3 Å². The van der Waals surface area contributed by atoms with Crippen molar-refractivity contribution in [3.8, 4) is 5.75 Å². The van der Waals surface area contributed by atoms with Gasteiger partial charge in [0.1, 0.15) is 12.3 Å². The van der Waals surface area contributed by atoms with Crippen molar-refractivity contribution in [1.29, 1.82) is 0 Å². The zero-order chi connectivity index (χ0) is 19.6. The molecule has 1 amide bonds. The van der Waals surface area contributed by atoms with E-state index in [1.165, 1.54) is 31.2 Å². The van der Waals surface area contributed by atoms with Crippen LogP contribution in [0.3, 0.4) is 0 Å². The predicted molar refractivity (Wildman–Crippen MR) is 110 cm³/mol. The molecule has 1 saturated carbocycles. The summed E-state index contributed by atoms with van der Waals surface area (Å²) in [6.45, 7) is 3.19. The summed E-state index contributed by atoms with van der Waals surface area (Å²) >= 11 is 0. The second kappa shape index (κ2) is 10.8. The summed E-state index contributed by atoms with van der Waals surface area (Å²) in [5, 5.41) is 6.92. The highest BCUT2D eigenvalue weighted by Gasteiger charge is 2.17. The van der Waals surface area contributed by atoms with Gasteiger partial charge in [0.25, 0.3) is 0 Å². The Balaban J connectivity index is 1.88. The minimum atomic E-state index is 0.00815. The highest BCUT2D eigenvalue weighted by Crippen LogP contribution is 2.17. The van der Waals surface area contributed by atoms with Gasteiger partial charge in [-0.3, -0.25) is 4.79 Å².